The number of rotatable bonds is 8. The van der Waals surface area contributed by atoms with E-state index in [1.807, 2.05) is 20.8 Å². The topological polar surface area (TPSA) is 111 Å². The van der Waals surface area contributed by atoms with Crippen molar-refractivity contribution in [3.63, 3.8) is 0 Å². The number of hydrogen-bond donors (Lipinski definition) is 1. The molecule has 9 heteroatoms. The summed E-state index contributed by atoms with van der Waals surface area (Å²) in [6, 6.07) is 12.3. The molecule has 0 bridgehead atoms. The Kier molecular flexibility index (Phi) is 7.00. The first-order valence-electron chi connectivity index (χ1n) is 11.6. The molecule has 1 saturated heterocycles. The Labute approximate surface area is 208 Å². The third kappa shape index (κ3) is 4.64. The van der Waals surface area contributed by atoms with E-state index in [2.05, 4.69) is 5.16 Å². The summed E-state index contributed by atoms with van der Waals surface area (Å²) in [5, 5.41) is 15.2. The van der Waals surface area contributed by atoms with Crippen molar-refractivity contribution < 1.29 is 33.4 Å². The zero-order chi connectivity index (χ0) is 26.0. The van der Waals surface area contributed by atoms with Gasteiger partial charge in [0.15, 0.2) is 17.3 Å². The highest BCUT2D eigenvalue weighted by Crippen LogP contribution is 2.44. The molecule has 1 atom stereocenters. The maximum absolute atomic E-state index is 13.3. The largest absolute Gasteiger partial charge is 0.507 e. The summed E-state index contributed by atoms with van der Waals surface area (Å²) in [4.78, 5) is 27.7. The van der Waals surface area contributed by atoms with Gasteiger partial charge in [-0.2, -0.15) is 0 Å². The second-order valence-electron chi connectivity index (χ2n) is 8.50. The number of aliphatic hydroxyl groups is 1. The monoisotopic (exact) mass is 492 g/mol. The van der Waals surface area contributed by atoms with Crippen molar-refractivity contribution in [2.45, 2.75) is 39.8 Å². The van der Waals surface area contributed by atoms with Crippen molar-refractivity contribution in [3.05, 3.63) is 71.0 Å². The fourth-order valence-electron chi connectivity index (χ4n) is 4.10. The summed E-state index contributed by atoms with van der Waals surface area (Å²) in [6.07, 6.45) is -0.0182. The van der Waals surface area contributed by atoms with E-state index < -0.39 is 17.7 Å². The number of aliphatic hydroxyl groups excluding tert-OH is 1. The molecule has 188 valence electrons. The van der Waals surface area contributed by atoms with Gasteiger partial charge < -0.3 is 23.8 Å². The molecule has 2 aromatic carbocycles. The van der Waals surface area contributed by atoms with E-state index in [-0.39, 0.29) is 23.3 Å². The zero-order valence-electron chi connectivity index (χ0n) is 20.8. The van der Waals surface area contributed by atoms with Crippen LogP contribution >= 0.6 is 0 Å². The van der Waals surface area contributed by atoms with Gasteiger partial charge in [0.05, 0.1) is 31.4 Å². The SMILES string of the molecule is CCOc1ccc([C@@H]2/C(=C(\O)c3ccc(OC(C)C)cc3)C(=O)C(=O)N2c2cc(C)on2)cc1OC. The fourth-order valence-corrected chi connectivity index (χ4v) is 4.10. The average molecular weight is 493 g/mol. The molecule has 1 aliphatic heterocycles. The lowest BCUT2D eigenvalue weighted by molar-refractivity contribution is -0.132. The first-order chi connectivity index (χ1) is 17.2. The predicted octanol–water partition coefficient (Wildman–Crippen LogP) is 4.80. The minimum absolute atomic E-state index is 0.0182. The van der Waals surface area contributed by atoms with Crippen molar-refractivity contribution in [1.29, 1.82) is 0 Å². The minimum Gasteiger partial charge on any atom is -0.507 e. The third-order valence-corrected chi connectivity index (χ3v) is 5.61. The molecule has 1 fully saturated rings. The molecule has 1 N–H and O–H groups in total. The number of methoxy groups -OCH3 is 1. The zero-order valence-corrected chi connectivity index (χ0v) is 20.8. The Hall–Kier alpha value is -4.27. The van der Waals surface area contributed by atoms with E-state index in [4.69, 9.17) is 18.7 Å². The van der Waals surface area contributed by atoms with Crippen LogP contribution in [0.5, 0.6) is 17.2 Å². The van der Waals surface area contributed by atoms with Gasteiger partial charge in [0.2, 0.25) is 0 Å². The van der Waals surface area contributed by atoms with E-state index in [9.17, 15) is 14.7 Å². The molecule has 1 aliphatic rings. The summed E-state index contributed by atoms with van der Waals surface area (Å²) in [5.41, 5.74) is 0.809. The molecule has 0 spiro atoms. The fraction of sp³-hybridized carbons (Fsp3) is 0.296. The normalized spacial score (nSPS) is 17.1. The lowest BCUT2D eigenvalue weighted by Gasteiger charge is -2.23. The number of Topliss-reactive ketones (excluding diaryl/α,β-unsaturated/α-hetero) is 1. The number of ether oxygens (including phenoxy) is 3. The van der Waals surface area contributed by atoms with E-state index in [1.54, 1.807) is 55.5 Å². The highest BCUT2D eigenvalue weighted by Gasteiger charge is 2.48. The Balaban J connectivity index is 1.88. The number of anilines is 1. The Morgan fingerprint density at radius 2 is 1.83 bits per heavy atom. The number of aryl methyl sites for hydroxylation is 1. The smallest absolute Gasteiger partial charge is 0.301 e. The Bertz CT molecular complexity index is 1310. The molecule has 1 aromatic heterocycles. The highest BCUT2D eigenvalue weighted by molar-refractivity contribution is 6.51. The summed E-state index contributed by atoms with van der Waals surface area (Å²) in [7, 11) is 1.50. The molecule has 0 saturated carbocycles. The maximum Gasteiger partial charge on any atom is 0.301 e. The number of ketones is 1. The predicted molar refractivity (Wildman–Crippen MR) is 132 cm³/mol. The van der Waals surface area contributed by atoms with Crippen molar-refractivity contribution in [2.75, 3.05) is 18.6 Å². The lowest BCUT2D eigenvalue weighted by atomic mass is 9.95. The van der Waals surface area contributed by atoms with Crippen LogP contribution in [-0.4, -0.2) is 41.8 Å². The molecule has 4 rings (SSSR count). The van der Waals surface area contributed by atoms with E-state index in [0.29, 0.717) is 40.7 Å². The van der Waals surface area contributed by atoms with Crippen LogP contribution in [0.15, 0.2) is 58.6 Å². The van der Waals surface area contributed by atoms with Gasteiger partial charge in [-0.15, -0.1) is 0 Å². The van der Waals surface area contributed by atoms with Crippen LogP contribution < -0.4 is 19.1 Å². The molecule has 36 heavy (non-hydrogen) atoms. The molecular formula is C27H28N2O7. The number of carbonyl (C=O) groups is 2. The Morgan fingerprint density at radius 3 is 2.42 bits per heavy atom. The van der Waals surface area contributed by atoms with Gasteiger partial charge in [-0.1, -0.05) is 11.2 Å². The lowest BCUT2D eigenvalue weighted by Crippen LogP contribution is -2.29. The van der Waals surface area contributed by atoms with E-state index >= 15 is 0 Å². The maximum atomic E-state index is 13.3. The van der Waals surface area contributed by atoms with Gasteiger partial charge in [0, 0.05) is 11.6 Å². The van der Waals surface area contributed by atoms with Crippen molar-refractivity contribution in [2.24, 2.45) is 0 Å². The number of aromatic nitrogens is 1. The number of nitrogens with zero attached hydrogens (tertiary/aromatic N) is 2. The van der Waals surface area contributed by atoms with Crippen LogP contribution in [0.4, 0.5) is 5.82 Å². The van der Waals surface area contributed by atoms with Gasteiger partial charge in [0.25, 0.3) is 5.78 Å². The van der Waals surface area contributed by atoms with E-state index in [1.165, 1.54) is 12.0 Å². The second-order valence-corrected chi connectivity index (χ2v) is 8.50. The summed E-state index contributed by atoms with van der Waals surface area (Å²) >= 11 is 0. The molecular weight excluding hydrogens is 464 g/mol. The standard InChI is InChI=1S/C27H28N2O7/c1-6-34-20-12-9-18(14-21(20)33-5)24-23(25(30)17-7-10-19(11-8-17)35-15(2)3)26(31)27(32)29(24)22-13-16(4)36-28-22/h7-15,24,30H,6H2,1-5H3/b25-23+/t24-/m1/s1. The van der Waals surface area contributed by atoms with Gasteiger partial charge in [-0.05, 0) is 69.7 Å². The average Bonchev–Trinajstić information content (AvgIpc) is 3.39. The summed E-state index contributed by atoms with van der Waals surface area (Å²) in [5.74, 6) is 0.196. The van der Waals surface area contributed by atoms with Gasteiger partial charge in [-0.25, -0.2) is 0 Å². The second kappa shape index (κ2) is 10.2. The minimum atomic E-state index is -0.981. The molecule has 0 radical (unpaired) electrons. The van der Waals surface area contributed by atoms with Gasteiger partial charge in [-0.3, -0.25) is 14.5 Å². The Morgan fingerprint density at radius 1 is 1.11 bits per heavy atom. The summed E-state index contributed by atoms with van der Waals surface area (Å²) < 4.78 is 21.9. The van der Waals surface area contributed by atoms with Gasteiger partial charge in [0.1, 0.15) is 17.3 Å². The van der Waals surface area contributed by atoms with Crippen LogP contribution in [0.3, 0.4) is 0 Å². The van der Waals surface area contributed by atoms with Gasteiger partial charge >= 0.3 is 5.91 Å². The number of benzene rings is 2. The molecule has 2 heterocycles. The molecule has 9 nitrogen and oxygen atoms in total. The van der Waals surface area contributed by atoms with Crippen LogP contribution in [-0.2, 0) is 9.59 Å². The van der Waals surface area contributed by atoms with Crippen molar-refractivity contribution in [3.8, 4) is 17.2 Å². The molecule has 0 aliphatic carbocycles. The van der Waals surface area contributed by atoms with Crippen molar-refractivity contribution in [1.82, 2.24) is 5.16 Å². The van der Waals surface area contributed by atoms with Crippen molar-refractivity contribution >= 4 is 23.3 Å². The molecule has 3 aromatic rings. The first-order valence-corrected chi connectivity index (χ1v) is 11.6. The molecule has 0 unspecified atom stereocenters. The first kappa shape index (κ1) is 24.8. The summed E-state index contributed by atoms with van der Waals surface area (Å²) in [6.45, 7) is 7.79. The quantitative estimate of drug-likeness (QED) is 0.271. The number of amides is 1. The third-order valence-electron chi connectivity index (χ3n) is 5.61. The van der Waals surface area contributed by atoms with Crippen LogP contribution in [0, 0.1) is 6.92 Å². The highest BCUT2D eigenvalue weighted by atomic mass is 16.5. The molecule has 1 amide bonds. The number of carbonyl (C=O) groups excluding carboxylic acids is 2. The van der Waals surface area contributed by atoms with Crippen LogP contribution in [0.25, 0.3) is 5.76 Å². The van der Waals surface area contributed by atoms with E-state index in [0.717, 1.165) is 0 Å². The van der Waals surface area contributed by atoms with Crippen LogP contribution in [0.2, 0.25) is 0 Å². The van der Waals surface area contributed by atoms with Crippen LogP contribution in [0.1, 0.15) is 43.7 Å². The number of hydrogen-bond acceptors (Lipinski definition) is 8.